The molecule has 3 heterocycles. The summed E-state index contributed by atoms with van der Waals surface area (Å²) in [7, 11) is 0. The minimum Gasteiger partial charge on any atom is -0.370 e. The van der Waals surface area contributed by atoms with Gasteiger partial charge in [0.1, 0.15) is 36.0 Å². The summed E-state index contributed by atoms with van der Waals surface area (Å²) in [5, 5.41) is 32.8. The normalized spacial score (nSPS) is 19.9. The van der Waals surface area contributed by atoms with Crippen molar-refractivity contribution in [1.82, 2.24) is 57.5 Å². The number of nitrogens with two attached hydrogens (primary N) is 1. The van der Waals surface area contributed by atoms with Gasteiger partial charge < -0.3 is 58.2 Å². The van der Waals surface area contributed by atoms with Gasteiger partial charge in [-0.25, -0.2) is 9.37 Å². The number of guanidine groups is 1. The number of benzene rings is 4. The second-order valence-electron chi connectivity index (χ2n) is 18.5. The molecule has 394 valence electrons. The van der Waals surface area contributed by atoms with E-state index >= 15 is 0 Å². The van der Waals surface area contributed by atoms with Crippen molar-refractivity contribution in [1.29, 1.82) is 5.41 Å². The van der Waals surface area contributed by atoms with Crippen molar-refractivity contribution in [3.05, 3.63) is 138 Å². The first kappa shape index (κ1) is 54.2. The van der Waals surface area contributed by atoms with Crippen LogP contribution in [0, 0.1) is 11.2 Å². The number of H-pyrrole nitrogens is 2. The standard InChI is InChI=1S/C54H64FN13O7/c55-37-19-16-33(17-20-37)27-44-52(74)65-42(15-8-26-61-54(56)57)50(72)67-45(28-36-30-62-41-14-4-3-13-40(36)41)49(71)60-25-6-5-24-59-47(69)23-21-43(51(73)68-46(53(75)66-44)29-38-31-58-32-63-38)64-48(70)22-18-35-11-7-10-34-9-1-2-12-39(34)35/h1-4,7,9-14,16-17,19-20,30-32,42-46,62H,5-6,8,15,18,21-29H2,(H,58,63)(H,59,69)(H,60,71)(H,64,70)(H,65,74)(H,66,75)(H,67,72)(H,68,73)(H4,56,57,61)/t42-,43-,44?,45-,46-/m0/s1. The fraction of sp³-hybridized carbons (Fsp3) is 0.352. The molecule has 7 rings (SSSR count). The Labute approximate surface area is 432 Å². The van der Waals surface area contributed by atoms with Crippen molar-refractivity contribution in [2.75, 3.05) is 19.6 Å². The fourth-order valence-corrected chi connectivity index (χ4v) is 8.97. The van der Waals surface area contributed by atoms with Crippen molar-refractivity contribution in [2.45, 2.75) is 101 Å². The van der Waals surface area contributed by atoms with Gasteiger partial charge in [-0.2, -0.15) is 0 Å². The van der Waals surface area contributed by atoms with Crippen LogP contribution < -0.4 is 48.3 Å². The molecule has 5 atom stereocenters. The summed E-state index contributed by atoms with van der Waals surface area (Å²) in [6, 6.07) is 19.8. The second-order valence-corrected chi connectivity index (χ2v) is 18.5. The number of halogens is 1. The first-order valence-electron chi connectivity index (χ1n) is 25.2. The van der Waals surface area contributed by atoms with E-state index in [0.29, 0.717) is 30.5 Å². The van der Waals surface area contributed by atoms with Gasteiger partial charge in [0.05, 0.1) is 12.0 Å². The van der Waals surface area contributed by atoms with Crippen molar-refractivity contribution in [2.24, 2.45) is 5.73 Å². The number of nitrogens with one attached hydrogen (secondary N) is 11. The van der Waals surface area contributed by atoms with E-state index in [1.165, 1.54) is 36.8 Å². The zero-order valence-electron chi connectivity index (χ0n) is 41.4. The molecule has 0 aliphatic carbocycles. The van der Waals surface area contributed by atoms with Crippen LogP contribution in [-0.2, 0) is 59.2 Å². The first-order chi connectivity index (χ1) is 36.3. The Morgan fingerprint density at radius 2 is 1.35 bits per heavy atom. The van der Waals surface area contributed by atoms with Crippen LogP contribution in [-0.4, -0.2) is 112 Å². The molecule has 2 aromatic heterocycles. The summed E-state index contributed by atoms with van der Waals surface area (Å²) in [6.07, 6.45) is 5.56. The Morgan fingerprint density at radius 1 is 0.693 bits per heavy atom. The number of aromatic amines is 2. The van der Waals surface area contributed by atoms with Crippen molar-refractivity contribution < 1.29 is 38.0 Å². The van der Waals surface area contributed by atoms with Crippen LogP contribution >= 0.6 is 0 Å². The Bertz CT molecular complexity index is 2940. The van der Waals surface area contributed by atoms with Crippen LogP contribution in [0.2, 0.25) is 0 Å². The summed E-state index contributed by atoms with van der Waals surface area (Å²) >= 11 is 0. The number of hydrogen-bond acceptors (Lipinski definition) is 9. The molecule has 1 unspecified atom stereocenters. The van der Waals surface area contributed by atoms with Gasteiger partial charge >= 0.3 is 0 Å². The van der Waals surface area contributed by atoms with Crippen molar-refractivity contribution in [3.63, 3.8) is 0 Å². The van der Waals surface area contributed by atoms with Crippen LogP contribution in [0.15, 0.2) is 110 Å². The molecule has 7 amide bonds. The Kier molecular flexibility index (Phi) is 19.4. The average molecular weight is 1030 g/mol. The molecule has 1 fully saturated rings. The summed E-state index contributed by atoms with van der Waals surface area (Å²) < 4.78 is 14.2. The zero-order chi connectivity index (χ0) is 53.1. The number of para-hydroxylation sites is 1. The molecule has 0 radical (unpaired) electrons. The third kappa shape index (κ3) is 16.2. The molecule has 0 spiro atoms. The van der Waals surface area contributed by atoms with E-state index in [9.17, 15) is 38.0 Å². The predicted octanol–water partition coefficient (Wildman–Crippen LogP) is 2.34. The van der Waals surface area contributed by atoms with E-state index in [0.717, 1.165) is 32.8 Å². The zero-order valence-corrected chi connectivity index (χ0v) is 41.4. The molecule has 13 N–H and O–H groups in total. The highest BCUT2D eigenvalue weighted by atomic mass is 19.1. The van der Waals surface area contributed by atoms with E-state index in [-0.39, 0.29) is 77.0 Å². The van der Waals surface area contributed by atoms with Gasteiger partial charge in [0.15, 0.2) is 5.96 Å². The average Bonchev–Trinajstić information content (AvgIpc) is 4.08. The molecular weight excluding hydrogens is 962 g/mol. The number of carbonyl (C=O) groups is 7. The smallest absolute Gasteiger partial charge is 0.243 e. The Balaban J connectivity index is 1.18. The number of amides is 7. The molecule has 6 aromatic rings. The molecule has 1 aliphatic rings. The van der Waals surface area contributed by atoms with Gasteiger partial charge in [-0.3, -0.25) is 39.0 Å². The highest BCUT2D eigenvalue weighted by Crippen LogP contribution is 2.21. The first-order valence-corrected chi connectivity index (χ1v) is 25.2. The minimum absolute atomic E-state index is 0.00486. The van der Waals surface area contributed by atoms with E-state index in [1.807, 2.05) is 66.7 Å². The third-order valence-electron chi connectivity index (χ3n) is 13.0. The SMILES string of the molecule is N=C(N)NCCC[C@@H]1NC(=O)C(Cc2ccc(F)cc2)NC(=O)[C@H](Cc2c[nH]cn2)NC(=O)[C@@H](NC(=O)CCc2cccc3ccccc23)CCC(=O)NCCCCNC(=O)[C@H](Cc2c[nH]c3ccccc23)NC1=O. The maximum Gasteiger partial charge on any atom is 0.243 e. The van der Waals surface area contributed by atoms with E-state index < -0.39 is 77.4 Å². The summed E-state index contributed by atoms with van der Waals surface area (Å²) in [6.45, 7) is 0.594. The number of rotatable bonds is 14. The molecule has 0 bridgehead atoms. The lowest BCUT2D eigenvalue weighted by Gasteiger charge is -2.27. The lowest BCUT2D eigenvalue weighted by Crippen LogP contribution is -2.60. The monoisotopic (exact) mass is 1030 g/mol. The van der Waals surface area contributed by atoms with Crippen LogP contribution in [0.5, 0.6) is 0 Å². The number of aryl methyl sites for hydroxylation is 1. The molecule has 20 nitrogen and oxygen atoms in total. The minimum atomic E-state index is -1.44. The summed E-state index contributed by atoms with van der Waals surface area (Å²) in [5.41, 5.74) is 8.84. The van der Waals surface area contributed by atoms with Gasteiger partial charge in [-0.05, 0) is 84.2 Å². The lowest BCUT2D eigenvalue weighted by molar-refractivity contribution is -0.135. The van der Waals surface area contributed by atoms with E-state index in [4.69, 9.17) is 11.1 Å². The maximum absolute atomic E-state index is 14.7. The number of carbonyl (C=O) groups excluding carboxylic acids is 7. The maximum atomic E-state index is 14.7. The Morgan fingerprint density at radius 3 is 2.09 bits per heavy atom. The fourth-order valence-electron chi connectivity index (χ4n) is 8.97. The predicted molar refractivity (Wildman–Crippen MR) is 280 cm³/mol. The van der Waals surface area contributed by atoms with Gasteiger partial charge in [0, 0.05) is 75.0 Å². The summed E-state index contributed by atoms with van der Waals surface area (Å²) in [5.74, 6) is -5.35. The molecule has 0 saturated carbocycles. The van der Waals surface area contributed by atoms with Crippen molar-refractivity contribution in [3.8, 4) is 0 Å². The van der Waals surface area contributed by atoms with Crippen LogP contribution in [0.1, 0.15) is 67.3 Å². The van der Waals surface area contributed by atoms with Gasteiger partial charge in [-0.15, -0.1) is 0 Å². The van der Waals surface area contributed by atoms with Crippen LogP contribution in [0.25, 0.3) is 21.7 Å². The van der Waals surface area contributed by atoms with Gasteiger partial charge in [0.2, 0.25) is 41.4 Å². The van der Waals surface area contributed by atoms with Crippen molar-refractivity contribution >= 4 is 69.0 Å². The van der Waals surface area contributed by atoms with Crippen LogP contribution in [0.4, 0.5) is 4.39 Å². The highest BCUT2D eigenvalue weighted by Gasteiger charge is 2.34. The van der Waals surface area contributed by atoms with Gasteiger partial charge in [-0.1, -0.05) is 72.8 Å². The second kappa shape index (κ2) is 26.9. The number of hydrogen-bond donors (Lipinski definition) is 12. The number of imidazole rings is 1. The number of fused-ring (bicyclic) bond motifs is 2. The number of aromatic nitrogens is 3. The van der Waals surface area contributed by atoms with E-state index in [1.54, 1.807) is 6.20 Å². The molecule has 75 heavy (non-hydrogen) atoms. The molecule has 4 aromatic carbocycles. The molecular formula is C54H64FN13O7. The largest absolute Gasteiger partial charge is 0.370 e. The number of nitrogens with zero attached hydrogens (tertiary/aromatic N) is 1. The lowest BCUT2D eigenvalue weighted by atomic mass is 10.0. The topological polar surface area (TPSA) is 310 Å². The Hall–Kier alpha value is -8.62. The molecule has 21 heteroatoms. The third-order valence-corrected chi connectivity index (χ3v) is 13.0. The quantitative estimate of drug-likeness (QED) is 0.0430. The highest BCUT2D eigenvalue weighted by molar-refractivity contribution is 5.97. The molecule has 1 saturated heterocycles. The molecule has 1 aliphatic heterocycles. The summed E-state index contributed by atoms with van der Waals surface area (Å²) in [4.78, 5) is 110. The van der Waals surface area contributed by atoms with Crippen LogP contribution in [0.3, 0.4) is 0 Å². The van der Waals surface area contributed by atoms with Gasteiger partial charge in [0.25, 0.3) is 0 Å². The van der Waals surface area contributed by atoms with E-state index in [2.05, 4.69) is 57.5 Å².